The predicted octanol–water partition coefficient (Wildman–Crippen LogP) is 4.23. The van der Waals surface area contributed by atoms with E-state index < -0.39 is 22.7 Å². The lowest BCUT2D eigenvalue weighted by atomic mass is 9.96. The molecule has 0 radical (unpaired) electrons. The van der Waals surface area contributed by atoms with Crippen LogP contribution in [0.2, 0.25) is 0 Å². The molecule has 1 unspecified atom stereocenters. The zero-order valence-corrected chi connectivity index (χ0v) is 18.9. The standard InChI is InChI=1S/C24H16N4O6S/c1-34-16-7-4-13(5-8-16)21(29)19-20(14-3-2-10-25-12-14)27(23(31)22(19)30)24-26-17-9-6-15(28(32)33)11-18(17)35-24/h2-12,20,29H,1H3/b21-19+. The number of aliphatic hydroxyl groups is 1. The molecule has 35 heavy (non-hydrogen) atoms. The number of amides is 1. The lowest BCUT2D eigenvalue weighted by Crippen LogP contribution is -2.29. The number of rotatable bonds is 5. The average molecular weight is 488 g/mol. The van der Waals surface area contributed by atoms with Crippen LogP contribution in [0.3, 0.4) is 0 Å². The molecule has 4 aromatic rings. The third-order valence-electron chi connectivity index (χ3n) is 5.59. The van der Waals surface area contributed by atoms with E-state index in [0.717, 1.165) is 11.3 Å². The molecule has 0 bridgehead atoms. The van der Waals surface area contributed by atoms with E-state index in [1.807, 2.05) is 0 Å². The van der Waals surface area contributed by atoms with Crippen LogP contribution < -0.4 is 9.64 Å². The molecule has 1 aliphatic rings. The number of thiazole rings is 1. The molecule has 0 spiro atoms. The highest BCUT2D eigenvalue weighted by Gasteiger charge is 2.48. The van der Waals surface area contributed by atoms with Crippen LogP contribution in [0.4, 0.5) is 10.8 Å². The molecule has 1 N–H and O–H groups in total. The molecule has 10 nitrogen and oxygen atoms in total. The molecule has 3 heterocycles. The summed E-state index contributed by atoms with van der Waals surface area (Å²) in [5, 5.41) is 22.5. The van der Waals surface area contributed by atoms with Crippen molar-refractivity contribution in [1.82, 2.24) is 9.97 Å². The van der Waals surface area contributed by atoms with Crippen molar-refractivity contribution in [2.24, 2.45) is 0 Å². The molecule has 2 aromatic carbocycles. The summed E-state index contributed by atoms with van der Waals surface area (Å²) < 4.78 is 5.63. The van der Waals surface area contributed by atoms with Crippen LogP contribution in [0.25, 0.3) is 16.0 Å². The Hall–Kier alpha value is -4.64. The summed E-state index contributed by atoms with van der Waals surface area (Å²) in [6.45, 7) is 0. The van der Waals surface area contributed by atoms with E-state index in [-0.39, 0.29) is 22.2 Å². The number of carbonyl (C=O) groups excluding carboxylic acids is 2. The molecule has 5 rings (SSSR count). The predicted molar refractivity (Wildman–Crippen MR) is 128 cm³/mol. The summed E-state index contributed by atoms with van der Waals surface area (Å²) in [7, 11) is 1.51. The van der Waals surface area contributed by atoms with Gasteiger partial charge in [0.25, 0.3) is 11.5 Å². The van der Waals surface area contributed by atoms with Crippen LogP contribution in [0.5, 0.6) is 5.75 Å². The van der Waals surface area contributed by atoms with Gasteiger partial charge in [0.15, 0.2) is 5.13 Å². The van der Waals surface area contributed by atoms with Gasteiger partial charge in [-0.25, -0.2) is 4.98 Å². The first-order valence-corrected chi connectivity index (χ1v) is 11.1. The van der Waals surface area contributed by atoms with Gasteiger partial charge >= 0.3 is 5.91 Å². The van der Waals surface area contributed by atoms with Crippen LogP contribution >= 0.6 is 11.3 Å². The number of pyridine rings is 1. The number of aromatic nitrogens is 2. The highest BCUT2D eigenvalue weighted by molar-refractivity contribution is 7.22. The second-order valence-electron chi connectivity index (χ2n) is 7.59. The maximum absolute atomic E-state index is 13.2. The van der Waals surface area contributed by atoms with Gasteiger partial charge in [0.2, 0.25) is 0 Å². The summed E-state index contributed by atoms with van der Waals surface area (Å²) in [5.41, 5.74) is 1.04. The number of hydrogen-bond donors (Lipinski definition) is 1. The number of ether oxygens (including phenoxy) is 1. The van der Waals surface area contributed by atoms with Crippen LogP contribution in [0.1, 0.15) is 17.2 Å². The van der Waals surface area contributed by atoms with Gasteiger partial charge in [-0.1, -0.05) is 17.4 Å². The Bertz CT molecular complexity index is 1510. The molecule has 2 aromatic heterocycles. The quantitative estimate of drug-likeness (QED) is 0.145. The molecule has 1 fully saturated rings. The summed E-state index contributed by atoms with van der Waals surface area (Å²) in [5.74, 6) is -1.53. The molecule has 0 aliphatic carbocycles. The van der Waals surface area contributed by atoms with Gasteiger partial charge in [-0.15, -0.1) is 0 Å². The largest absolute Gasteiger partial charge is 0.507 e. The first-order chi connectivity index (χ1) is 16.9. The molecule has 1 amide bonds. The number of carbonyl (C=O) groups is 2. The normalized spacial score (nSPS) is 17.2. The van der Waals surface area contributed by atoms with Gasteiger partial charge in [-0.2, -0.15) is 0 Å². The number of nitro groups is 1. The number of hydrogen-bond acceptors (Lipinski definition) is 9. The fraction of sp³-hybridized carbons (Fsp3) is 0.0833. The average Bonchev–Trinajstić information content (AvgIpc) is 3.41. The van der Waals surface area contributed by atoms with E-state index in [1.165, 1.54) is 36.4 Å². The molecule has 1 saturated heterocycles. The highest BCUT2D eigenvalue weighted by atomic mass is 32.1. The summed E-state index contributed by atoms with van der Waals surface area (Å²) >= 11 is 1.04. The van der Waals surface area contributed by atoms with Crippen molar-refractivity contribution in [2.75, 3.05) is 12.0 Å². The van der Waals surface area contributed by atoms with Gasteiger partial charge < -0.3 is 9.84 Å². The molecule has 11 heteroatoms. The van der Waals surface area contributed by atoms with Gasteiger partial charge in [-0.3, -0.25) is 29.6 Å². The van der Waals surface area contributed by atoms with E-state index >= 15 is 0 Å². The monoisotopic (exact) mass is 488 g/mol. The second kappa shape index (κ2) is 8.61. The maximum Gasteiger partial charge on any atom is 0.301 e. The Morgan fingerprint density at radius 2 is 1.94 bits per heavy atom. The van der Waals surface area contributed by atoms with Crippen molar-refractivity contribution in [2.45, 2.75) is 6.04 Å². The summed E-state index contributed by atoms with van der Waals surface area (Å²) in [4.78, 5) is 46.8. The number of methoxy groups -OCH3 is 1. The van der Waals surface area contributed by atoms with E-state index in [9.17, 15) is 24.8 Å². The number of aliphatic hydroxyl groups excluding tert-OH is 1. The first-order valence-electron chi connectivity index (χ1n) is 10.3. The molecule has 1 aliphatic heterocycles. The zero-order valence-electron chi connectivity index (χ0n) is 18.1. The van der Waals surface area contributed by atoms with E-state index in [0.29, 0.717) is 27.1 Å². The Kier molecular flexibility index (Phi) is 5.46. The van der Waals surface area contributed by atoms with Crippen molar-refractivity contribution in [3.8, 4) is 5.75 Å². The third kappa shape index (κ3) is 3.77. The molecular weight excluding hydrogens is 472 g/mol. The fourth-order valence-corrected chi connectivity index (χ4v) is 4.93. The zero-order chi connectivity index (χ0) is 24.7. The van der Waals surface area contributed by atoms with Crippen molar-refractivity contribution in [3.63, 3.8) is 0 Å². The van der Waals surface area contributed by atoms with Crippen LogP contribution in [0, 0.1) is 10.1 Å². The minimum atomic E-state index is -0.999. The van der Waals surface area contributed by atoms with E-state index in [4.69, 9.17) is 4.74 Å². The van der Waals surface area contributed by atoms with Crippen LogP contribution in [-0.4, -0.2) is 38.8 Å². The molecule has 1 atom stereocenters. The number of nitrogens with zero attached hydrogens (tertiary/aromatic N) is 4. The van der Waals surface area contributed by atoms with Gasteiger partial charge in [0.1, 0.15) is 11.5 Å². The highest BCUT2D eigenvalue weighted by Crippen LogP contribution is 2.44. The second-order valence-corrected chi connectivity index (χ2v) is 8.60. The molecule has 0 saturated carbocycles. The minimum Gasteiger partial charge on any atom is -0.507 e. The Morgan fingerprint density at radius 1 is 1.17 bits per heavy atom. The maximum atomic E-state index is 13.2. The number of Topliss-reactive ketones (excluding diaryl/α,β-unsaturated/α-hetero) is 1. The Morgan fingerprint density at radius 3 is 2.60 bits per heavy atom. The fourth-order valence-electron chi connectivity index (χ4n) is 3.91. The van der Waals surface area contributed by atoms with Crippen molar-refractivity contribution in [1.29, 1.82) is 0 Å². The minimum absolute atomic E-state index is 0.113. The van der Waals surface area contributed by atoms with Crippen molar-refractivity contribution in [3.05, 3.63) is 93.8 Å². The van der Waals surface area contributed by atoms with Gasteiger partial charge in [0.05, 0.1) is 33.9 Å². The lowest BCUT2D eigenvalue weighted by Gasteiger charge is -2.22. The molecular formula is C24H16N4O6S. The smallest absolute Gasteiger partial charge is 0.301 e. The number of anilines is 1. The van der Waals surface area contributed by atoms with Gasteiger partial charge in [0, 0.05) is 30.1 Å². The third-order valence-corrected chi connectivity index (χ3v) is 6.60. The van der Waals surface area contributed by atoms with Crippen LogP contribution in [-0.2, 0) is 9.59 Å². The number of fused-ring (bicyclic) bond motifs is 1. The topological polar surface area (TPSA) is 136 Å². The first kappa shape index (κ1) is 22.2. The lowest BCUT2D eigenvalue weighted by molar-refractivity contribution is -0.384. The van der Waals surface area contributed by atoms with Crippen molar-refractivity contribution >= 4 is 49.8 Å². The Labute approximate surface area is 201 Å². The van der Waals surface area contributed by atoms with Gasteiger partial charge in [-0.05, 0) is 42.0 Å². The number of benzene rings is 2. The van der Waals surface area contributed by atoms with E-state index in [1.54, 1.807) is 42.6 Å². The van der Waals surface area contributed by atoms with Crippen LogP contribution in [0.15, 0.2) is 72.6 Å². The number of ketones is 1. The SMILES string of the molecule is COc1ccc(/C(O)=C2\C(=O)C(=O)N(c3nc4ccc([N+](=O)[O-])cc4s3)C2c2cccnc2)cc1. The summed E-state index contributed by atoms with van der Waals surface area (Å²) in [6.07, 6.45) is 3.05. The Balaban J connectivity index is 1.69. The summed E-state index contributed by atoms with van der Waals surface area (Å²) in [6, 6.07) is 12.9. The van der Waals surface area contributed by atoms with Crippen molar-refractivity contribution < 1.29 is 24.4 Å². The molecule has 174 valence electrons. The number of non-ortho nitro benzene ring substituents is 1. The van der Waals surface area contributed by atoms with E-state index in [2.05, 4.69) is 9.97 Å². The number of nitro benzene ring substituents is 1.